The number of ether oxygens (including phenoxy) is 1. The number of aliphatic carboxylic acids is 1. The van der Waals surface area contributed by atoms with Crippen molar-refractivity contribution in [3.63, 3.8) is 0 Å². The Balaban J connectivity index is 2.37. The summed E-state index contributed by atoms with van der Waals surface area (Å²) in [6.07, 6.45) is 0.449. The monoisotopic (exact) mass is 258 g/mol. The molecule has 0 spiro atoms. The number of carboxylic acid groups (broad SMARTS) is 1. The predicted molar refractivity (Wildman–Crippen MR) is 66.3 cm³/mol. The smallest absolute Gasteiger partial charge is 0.326 e. The zero-order valence-corrected chi connectivity index (χ0v) is 11.0. The van der Waals surface area contributed by atoms with E-state index in [0.29, 0.717) is 19.6 Å². The van der Waals surface area contributed by atoms with Crippen LogP contribution in [0.15, 0.2) is 0 Å². The van der Waals surface area contributed by atoms with Gasteiger partial charge in [-0.15, -0.1) is 0 Å². The molecule has 0 aromatic rings. The van der Waals surface area contributed by atoms with Gasteiger partial charge in [0.15, 0.2) is 0 Å². The van der Waals surface area contributed by atoms with Crippen LogP contribution in [0.5, 0.6) is 0 Å². The number of carbonyl (C=O) groups excluding carboxylic acids is 1. The number of hydrogen-bond donors (Lipinski definition) is 2. The minimum atomic E-state index is -0.973. The maximum atomic E-state index is 11.8. The van der Waals surface area contributed by atoms with Crippen LogP contribution in [-0.2, 0) is 14.3 Å². The largest absolute Gasteiger partial charge is 0.480 e. The van der Waals surface area contributed by atoms with Crippen molar-refractivity contribution in [1.29, 1.82) is 0 Å². The highest BCUT2D eigenvalue weighted by molar-refractivity contribution is 5.84. The number of carboxylic acids is 1. The SMILES string of the molecule is CC(C)CC(NC(=O)CN1CCOCC1)C(=O)O. The van der Waals surface area contributed by atoms with E-state index in [1.165, 1.54) is 0 Å². The van der Waals surface area contributed by atoms with E-state index in [9.17, 15) is 9.59 Å². The van der Waals surface area contributed by atoms with Crippen molar-refractivity contribution in [3.05, 3.63) is 0 Å². The first-order chi connectivity index (χ1) is 8.49. The lowest BCUT2D eigenvalue weighted by Gasteiger charge is -2.26. The Kier molecular flexibility index (Phi) is 6.07. The Bertz CT molecular complexity index is 288. The van der Waals surface area contributed by atoms with Gasteiger partial charge in [-0.05, 0) is 12.3 Å². The highest BCUT2D eigenvalue weighted by atomic mass is 16.5. The van der Waals surface area contributed by atoms with Gasteiger partial charge in [0.25, 0.3) is 0 Å². The molecule has 1 aliphatic heterocycles. The maximum absolute atomic E-state index is 11.8. The predicted octanol–water partition coefficient (Wildman–Crippen LogP) is -0.0659. The molecule has 1 aliphatic rings. The molecule has 1 unspecified atom stereocenters. The molecule has 1 fully saturated rings. The summed E-state index contributed by atoms with van der Waals surface area (Å²) < 4.78 is 5.19. The second kappa shape index (κ2) is 7.33. The molecule has 2 N–H and O–H groups in total. The highest BCUT2D eigenvalue weighted by Crippen LogP contribution is 2.05. The molecule has 0 radical (unpaired) electrons. The van der Waals surface area contributed by atoms with Gasteiger partial charge in [-0.3, -0.25) is 9.69 Å². The molecule has 1 amide bonds. The average Bonchev–Trinajstić information content (AvgIpc) is 2.28. The minimum Gasteiger partial charge on any atom is -0.480 e. The second-order valence-electron chi connectivity index (χ2n) is 4.98. The Morgan fingerprint density at radius 3 is 2.44 bits per heavy atom. The summed E-state index contributed by atoms with van der Waals surface area (Å²) in [4.78, 5) is 24.7. The normalized spacial score (nSPS) is 18.6. The molecule has 0 bridgehead atoms. The molecule has 6 heteroatoms. The van der Waals surface area contributed by atoms with Crippen molar-refractivity contribution in [3.8, 4) is 0 Å². The Morgan fingerprint density at radius 2 is 1.94 bits per heavy atom. The van der Waals surface area contributed by atoms with Gasteiger partial charge in [-0.25, -0.2) is 4.79 Å². The first-order valence-electron chi connectivity index (χ1n) is 6.31. The van der Waals surface area contributed by atoms with E-state index in [1.807, 2.05) is 18.7 Å². The lowest BCUT2D eigenvalue weighted by molar-refractivity contribution is -0.142. The van der Waals surface area contributed by atoms with Crippen molar-refractivity contribution in [2.75, 3.05) is 32.8 Å². The van der Waals surface area contributed by atoms with E-state index < -0.39 is 12.0 Å². The summed E-state index contributed by atoms with van der Waals surface area (Å²) in [5.41, 5.74) is 0. The number of hydrogen-bond acceptors (Lipinski definition) is 4. The molecular weight excluding hydrogens is 236 g/mol. The van der Waals surface area contributed by atoms with Crippen LogP contribution in [0, 0.1) is 5.92 Å². The van der Waals surface area contributed by atoms with Gasteiger partial charge in [0.1, 0.15) is 6.04 Å². The minimum absolute atomic E-state index is 0.231. The van der Waals surface area contributed by atoms with E-state index in [2.05, 4.69) is 5.32 Å². The van der Waals surface area contributed by atoms with Crippen molar-refractivity contribution in [2.45, 2.75) is 26.3 Å². The van der Waals surface area contributed by atoms with Crippen LogP contribution in [0.4, 0.5) is 0 Å². The van der Waals surface area contributed by atoms with Crippen molar-refractivity contribution in [2.24, 2.45) is 5.92 Å². The standard InChI is InChI=1S/C12H22N2O4/c1-9(2)7-10(12(16)17)13-11(15)8-14-3-5-18-6-4-14/h9-10H,3-8H2,1-2H3,(H,13,15)(H,16,17). The average molecular weight is 258 g/mol. The van der Waals surface area contributed by atoms with Gasteiger partial charge in [0, 0.05) is 13.1 Å². The fourth-order valence-electron chi connectivity index (χ4n) is 1.90. The Morgan fingerprint density at radius 1 is 1.33 bits per heavy atom. The number of amides is 1. The zero-order chi connectivity index (χ0) is 13.5. The fourth-order valence-corrected chi connectivity index (χ4v) is 1.90. The van der Waals surface area contributed by atoms with E-state index in [0.717, 1.165) is 13.1 Å². The van der Waals surface area contributed by atoms with Gasteiger partial charge in [0.05, 0.1) is 19.8 Å². The number of nitrogens with zero attached hydrogens (tertiary/aromatic N) is 1. The first-order valence-corrected chi connectivity index (χ1v) is 6.31. The van der Waals surface area contributed by atoms with Crippen LogP contribution in [0.1, 0.15) is 20.3 Å². The fraction of sp³-hybridized carbons (Fsp3) is 0.833. The molecule has 104 valence electrons. The first kappa shape index (κ1) is 14.9. The molecule has 1 rings (SSSR count). The molecule has 0 aromatic heterocycles. The van der Waals surface area contributed by atoms with Crippen LogP contribution in [0.2, 0.25) is 0 Å². The summed E-state index contributed by atoms with van der Waals surface area (Å²) in [5.74, 6) is -0.973. The summed E-state index contributed by atoms with van der Waals surface area (Å²) >= 11 is 0. The lowest BCUT2D eigenvalue weighted by atomic mass is 10.0. The van der Waals surface area contributed by atoms with Gasteiger partial charge >= 0.3 is 5.97 Å². The van der Waals surface area contributed by atoms with E-state index >= 15 is 0 Å². The number of carbonyl (C=O) groups is 2. The topological polar surface area (TPSA) is 78.9 Å². The van der Waals surface area contributed by atoms with Gasteiger partial charge < -0.3 is 15.2 Å². The van der Waals surface area contributed by atoms with Crippen molar-refractivity contribution in [1.82, 2.24) is 10.2 Å². The van der Waals surface area contributed by atoms with E-state index in [-0.39, 0.29) is 18.4 Å². The Hall–Kier alpha value is -1.14. The summed E-state index contributed by atoms with van der Waals surface area (Å²) in [6.45, 7) is 6.80. The Labute approximate surface area is 107 Å². The third kappa shape index (κ3) is 5.46. The molecule has 18 heavy (non-hydrogen) atoms. The third-order valence-electron chi connectivity index (χ3n) is 2.81. The molecule has 0 saturated carbocycles. The number of nitrogens with one attached hydrogen (secondary N) is 1. The molecule has 6 nitrogen and oxygen atoms in total. The molecule has 1 heterocycles. The van der Waals surface area contributed by atoms with Crippen molar-refractivity contribution < 1.29 is 19.4 Å². The quantitative estimate of drug-likeness (QED) is 0.697. The van der Waals surface area contributed by atoms with Crippen LogP contribution in [0.3, 0.4) is 0 Å². The summed E-state index contributed by atoms with van der Waals surface area (Å²) in [6, 6.07) is -0.793. The molecule has 1 atom stereocenters. The van der Waals surface area contributed by atoms with Gasteiger partial charge in [-0.2, -0.15) is 0 Å². The lowest BCUT2D eigenvalue weighted by Crippen LogP contribution is -2.48. The van der Waals surface area contributed by atoms with E-state index in [1.54, 1.807) is 0 Å². The summed E-state index contributed by atoms with van der Waals surface area (Å²) in [5, 5.41) is 11.6. The van der Waals surface area contributed by atoms with Crippen LogP contribution in [-0.4, -0.2) is 60.8 Å². The third-order valence-corrected chi connectivity index (χ3v) is 2.81. The molecular formula is C12H22N2O4. The molecule has 0 aromatic carbocycles. The van der Waals surface area contributed by atoms with E-state index in [4.69, 9.17) is 9.84 Å². The van der Waals surface area contributed by atoms with Gasteiger partial charge in [-0.1, -0.05) is 13.8 Å². The van der Waals surface area contributed by atoms with Crippen LogP contribution in [0.25, 0.3) is 0 Å². The highest BCUT2D eigenvalue weighted by Gasteiger charge is 2.22. The second-order valence-corrected chi connectivity index (χ2v) is 4.98. The van der Waals surface area contributed by atoms with Crippen LogP contribution < -0.4 is 5.32 Å². The van der Waals surface area contributed by atoms with Gasteiger partial charge in [0.2, 0.25) is 5.91 Å². The molecule has 0 aliphatic carbocycles. The number of morpholine rings is 1. The maximum Gasteiger partial charge on any atom is 0.326 e. The number of rotatable bonds is 6. The molecule has 1 saturated heterocycles. The van der Waals surface area contributed by atoms with Crippen LogP contribution >= 0.6 is 0 Å². The zero-order valence-electron chi connectivity index (χ0n) is 11.0. The van der Waals surface area contributed by atoms with Crippen molar-refractivity contribution >= 4 is 11.9 Å². The summed E-state index contributed by atoms with van der Waals surface area (Å²) in [7, 11) is 0.